The number of benzene rings is 1. The van der Waals surface area contributed by atoms with Gasteiger partial charge in [0.05, 0.1) is 18.5 Å². The van der Waals surface area contributed by atoms with E-state index in [-0.39, 0.29) is 43.9 Å². The van der Waals surface area contributed by atoms with Gasteiger partial charge in [0, 0.05) is 24.9 Å². The molecule has 1 heterocycles. The summed E-state index contributed by atoms with van der Waals surface area (Å²) in [5.74, 6) is -3.87. The van der Waals surface area contributed by atoms with Crippen molar-refractivity contribution in [3.05, 3.63) is 48.0 Å². The number of nitrogens with two attached hydrogens (primary N) is 3. The Hall–Kier alpha value is -4.70. The largest absolute Gasteiger partial charge is 0.508 e. The number of phenolic OH excluding ortho intramolecular Hbond substituents is 1. The van der Waals surface area contributed by atoms with Crippen LogP contribution < -0.4 is 33.2 Å². The second kappa shape index (κ2) is 15.8. The number of aliphatic hydroxyl groups excluding tert-OH is 1. The van der Waals surface area contributed by atoms with Gasteiger partial charge in [-0.3, -0.25) is 19.4 Å². The summed E-state index contributed by atoms with van der Waals surface area (Å²) in [4.78, 5) is 61.1. The lowest BCUT2D eigenvalue weighted by Crippen LogP contribution is -2.60. The lowest BCUT2D eigenvalue weighted by Gasteiger charge is -2.26. The number of aromatic hydroxyl groups is 1. The number of carbonyl (C=O) groups is 4. The van der Waals surface area contributed by atoms with Crippen molar-refractivity contribution in [2.45, 2.75) is 62.9 Å². The van der Waals surface area contributed by atoms with Crippen molar-refractivity contribution in [3.63, 3.8) is 0 Å². The SMILES string of the molecule is CC(O)C(NC(=O)C(CCCN=C(N)N)NC(=O)C(N)Cc1ccc(O)cc1)C(=O)NC(Cc1cnc[nH]1)C(=O)O. The van der Waals surface area contributed by atoms with Crippen LogP contribution in [-0.4, -0.2) is 91.8 Å². The number of nitrogens with one attached hydrogen (secondary N) is 4. The van der Waals surface area contributed by atoms with Crippen LogP contribution in [0, 0.1) is 0 Å². The first-order chi connectivity index (χ1) is 19.4. The number of phenols is 1. The molecule has 3 amide bonds. The fraction of sp³-hybridized carbons (Fsp3) is 0.440. The fourth-order valence-corrected chi connectivity index (χ4v) is 3.77. The quantitative estimate of drug-likeness (QED) is 0.0554. The number of carboxylic acids is 1. The number of guanidine groups is 1. The Kier molecular flexibility index (Phi) is 12.5. The molecule has 0 spiro atoms. The summed E-state index contributed by atoms with van der Waals surface area (Å²) in [6, 6.07) is 0.924. The van der Waals surface area contributed by atoms with Gasteiger partial charge in [-0.1, -0.05) is 12.1 Å². The Morgan fingerprint density at radius 3 is 2.22 bits per heavy atom. The molecular weight excluding hydrogens is 538 g/mol. The zero-order valence-electron chi connectivity index (χ0n) is 22.5. The van der Waals surface area contributed by atoms with E-state index in [2.05, 4.69) is 30.9 Å². The molecule has 0 fully saturated rings. The second-order valence-corrected chi connectivity index (χ2v) is 9.39. The molecule has 0 aliphatic rings. The number of hydrogen-bond donors (Lipinski definition) is 10. The van der Waals surface area contributed by atoms with Crippen molar-refractivity contribution in [1.82, 2.24) is 25.9 Å². The maximum Gasteiger partial charge on any atom is 0.326 e. The van der Waals surface area contributed by atoms with Gasteiger partial charge in [0.1, 0.15) is 23.9 Å². The molecule has 16 heteroatoms. The van der Waals surface area contributed by atoms with Crippen molar-refractivity contribution in [2.75, 3.05) is 6.54 Å². The number of amides is 3. The summed E-state index contributed by atoms with van der Waals surface area (Å²) in [6.45, 7) is 1.39. The van der Waals surface area contributed by atoms with Crippen LogP contribution in [0.4, 0.5) is 0 Å². The minimum atomic E-state index is -1.55. The molecule has 0 saturated heterocycles. The number of imidazole rings is 1. The third kappa shape index (κ3) is 11.1. The van der Waals surface area contributed by atoms with Crippen LogP contribution in [0.2, 0.25) is 0 Å². The zero-order chi connectivity index (χ0) is 30.5. The molecule has 2 aromatic rings. The minimum Gasteiger partial charge on any atom is -0.508 e. The molecule has 16 nitrogen and oxygen atoms in total. The summed E-state index contributed by atoms with van der Waals surface area (Å²) < 4.78 is 0. The van der Waals surface area contributed by atoms with E-state index in [9.17, 15) is 34.5 Å². The van der Waals surface area contributed by atoms with Gasteiger partial charge in [0.15, 0.2) is 5.96 Å². The molecule has 13 N–H and O–H groups in total. The molecule has 1 aromatic carbocycles. The average Bonchev–Trinajstić information content (AvgIpc) is 3.42. The van der Waals surface area contributed by atoms with Crippen LogP contribution in [0.15, 0.2) is 41.8 Å². The third-order valence-electron chi connectivity index (χ3n) is 5.96. The first-order valence-corrected chi connectivity index (χ1v) is 12.8. The number of hydrogen-bond acceptors (Lipinski definition) is 9. The molecule has 0 saturated carbocycles. The van der Waals surface area contributed by atoms with E-state index in [4.69, 9.17) is 17.2 Å². The minimum absolute atomic E-state index is 0.0476. The number of H-pyrrole nitrogens is 1. The van der Waals surface area contributed by atoms with Crippen molar-refractivity contribution >= 4 is 29.7 Å². The number of aliphatic imine (C=N–C) groups is 1. The van der Waals surface area contributed by atoms with Gasteiger partial charge < -0.3 is 53.5 Å². The van der Waals surface area contributed by atoms with E-state index >= 15 is 0 Å². The van der Waals surface area contributed by atoms with Gasteiger partial charge in [-0.15, -0.1) is 0 Å². The first-order valence-electron chi connectivity index (χ1n) is 12.8. The van der Waals surface area contributed by atoms with Crippen LogP contribution in [-0.2, 0) is 32.0 Å². The highest BCUT2D eigenvalue weighted by Gasteiger charge is 2.33. The van der Waals surface area contributed by atoms with Gasteiger partial charge in [0.25, 0.3) is 0 Å². The molecule has 41 heavy (non-hydrogen) atoms. The standard InChI is InChI=1S/C25H37N9O7/c1-13(35)20(23(39)33-19(24(40)41)10-15-11-29-12-31-15)34-22(38)18(3-2-8-30-25(27)28)32-21(37)17(26)9-14-4-6-16(36)7-5-14/h4-7,11-13,17-20,35-36H,2-3,8-10,26H2,1H3,(H,29,31)(H,32,37)(H,33,39)(H,34,38)(H,40,41)(H4,27,28,30). The summed E-state index contributed by atoms with van der Waals surface area (Å²) in [5.41, 5.74) is 17.8. The Balaban J connectivity index is 2.12. The number of carbonyl (C=O) groups excluding carboxylic acids is 3. The lowest BCUT2D eigenvalue weighted by atomic mass is 10.0. The van der Waals surface area contributed by atoms with Crippen LogP contribution in [0.1, 0.15) is 31.0 Å². The maximum absolute atomic E-state index is 13.2. The predicted octanol–water partition coefficient (Wildman–Crippen LogP) is -2.80. The van der Waals surface area contributed by atoms with Crippen molar-refractivity contribution in [2.24, 2.45) is 22.2 Å². The van der Waals surface area contributed by atoms with Crippen LogP contribution in [0.3, 0.4) is 0 Å². The van der Waals surface area contributed by atoms with Gasteiger partial charge >= 0.3 is 5.97 Å². The van der Waals surface area contributed by atoms with Crippen molar-refractivity contribution in [1.29, 1.82) is 0 Å². The highest BCUT2D eigenvalue weighted by Crippen LogP contribution is 2.11. The molecular formula is C25H37N9O7. The van der Waals surface area contributed by atoms with Crippen LogP contribution in [0.5, 0.6) is 5.75 Å². The van der Waals surface area contributed by atoms with Crippen LogP contribution in [0.25, 0.3) is 0 Å². The summed E-state index contributed by atoms with van der Waals surface area (Å²) in [6.07, 6.45) is 1.64. The number of carboxylic acid groups (broad SMARTS) is 1. The smallest absolute Gasteiger partial charge is 0.326 e. The summed E-state index contributed by atoms with van der Waals surface area (Å²) >= 11 is 0. The van der Waals surface area contributed by atoms with Gasteiger partial charge in [-0.2, -0.15) is 0 Å². The second-order valence-electron chi connectivity index (χ2n) is 9.39. The Bertz CT molecular complexity index is 1180. The molecule has 0 aliphatic carbocycles. The Morgan fingerprint density at radius 2 is 1.66 bits per heavy atom. The maximum atomic E-state index is 13.2. The van der Waals surface area contributed by atoms with E-state index in [0.29, 0.717) is 11.3 Å². The molecule has 0 radical (unpaired) electrons. The number of aromatic nitrogens is 2. The van der Waals surface area contributed by atoms with E-state index in [1.165, 1.54) is 31.6 Å². The molecule has 2 rings (SSSR count). The van der Waals surface area contributed by atoms with Gasteiger partial charge in [0.2, 0.25) is 17.7 Å². The van der Waals surface area contributed by atoms with Crippen LogP contribution >= 0.6 is 0 Å². The van der Waals surface area contributed by atoms with E-state index in [1.54, 1.807) is 12.1 Å². The number of aliphatic hydroxyl groups is 1. The molecule has 0 aliphatic heterocycles. The molecule has 1 aromatic heterocycles. The third-order valence-corrected chi connectivity index (χ3v) is 5.96. The predicted molar refractivity (Wildman–Crippen MR) is 147 cm³/mol. The number of nitrogens with zero attached hydrogens (tertiary/aromatic N) is 2. The van der Waals surface area contributed by atoms with Gasteiger partial charge in [-0.05, 0) is 43.9 Å². The average molecular weight is 576 g/mol. The summed E-state index contributed by atoms with van der Waals surface area (Å²) in [5, 5.41) is 36.5. The van der Waals surface area contributed by atoms with E-state index in [0.717, 1.165) is 0 Å². The van der Waals surface area contributed by atoms with Crippen molar-refractivity contribution in [3.8, 4) is 5.75 Å². The van der Waals surface area contributed by atoms with E-state index < -0.39 is 54.0 Å². The monoisotopic (exact) mass is 575 g/mol. The van der Waals surface area contributed by atoms with Gasteiger partial charge in [-0.25, -0.2) is 9.78 Å². The normalized spacial score (nSPS) is 14.5. The lowest BCUT2D eigenvalue weighted by molar-refractivity contribution is -0.143. The number of aromatic amines is 1. The van der Waals surface area contributed by atoms with Crippen molar-refractivity contribution < 1.29 is 34.5 Å². The summed E-state index contributed by atoms with van der Waals surface area (Å²) in [7, 11) is 0. The molecule has 224 valence electrons. The number of rotatable bonds is 16. The molecule has 5 unspecified atom stereocenters. The first kappa shape index (κ1) is 32.5. The molecule has 0 bridgehead atoms. The highest BCUT2D eigenvalue weighted by molar-refractivity contribution is 5.94. The topological polar surface area (TPSA) is 284 Å². The zero-order valence-corrected chi connectivity index (χ0v) is 22.5. The highest BCUT2D eigenvalue weighted by atomic mass is 16.4. The number of aliphatic carboxylic acids is 1. The van der Waals surface area contributed by atoms with E-state index in [1.807, 2.05) is 0 Å². The Morgan fingerprint density at radius 1 is 1.00 bits per heavy atom. The Labute approximate surface area is 235 Å². The molecule has 5 atom stereocenters. The fourth-order valence-electron chi connectivity index (χ4n) is 3.77.